The molecule has 2 unspecified atom stereocenters. The summed E-state index contributed by atoms with van der Waals surface area (Å²) in [5.74, 6) is 0.570. The van der Waals surface area contributed by atoms with E-state index in [1.165, 1.54) is 19.4 Å². The van der Waals surface area contributed by atoms with Crippen LogP contribution in [0.4, 0.5) is 0 Å². The number of carbonyl (C=O) groups excluding carboxylic acids is 1. The molecule has 1 heterocycles. The Morgan fingerprint density at radius 2 is 2.28 bits per heavy atom. The van der Waals surface area contributed by atoms with Crippen LogP contribution in [0.3, 0.4) is 0 Å². The van der Waals surface area contributed by atoms with Gasteiger partial charge in [0.1, 0.15) is 6.04 Å². The van der Waals surface area contributed by atoms with E-state index >= 15 is 0 Å². The highest BCUT2D eigenvalue weighted by Gasteiger charge is 2.22. The van der Waals surface area contributed by atoms with Gasteiger partial charge in [-0.2, -0.15) is 0 Å². The third-order valence-corrected chi connectivity index (χ3v) is 3.52. The standard InChI is InChI=1S/C14H28N2O2/c1-4-7-13(14(17)18-5-2)15-10-12-8-6-9-16(3)11-12/h12-13,15H,4-11H2,1-3H3. The molecule has 1 N–H and O–H groups in total. The minimum Gasteiger partial charge on any atom is -0.465 e. The largest absolute Gasteiger partial charge is 0.465 e. The topological polar surface area (TPSA) is 41.6 Å². The molecule has 1 saturated heterocycles. The predicted octanol–water partition coefficient (Wildman–Crippen LogP) is 1.65. The molecule has 0 aromatic heterocycles. The van der Waals surface area contributed by atoms with E-state index in [9.17, 15) is 4.79 Å². The lowest BCUT2D eigenvalue weighted by Crippen LogP contribution is -2.44. The van der Waals surface area contributed by atoms with Crippen LogP contribution in [0.25, 0.3) is 0 Å². The Hall–Kier alpha value is -0.610. The van der Waals surface area contributed by atoms with Crippen LogP contribution >= 0.6 is 0 Å². The van der Waals surface area contributed by atoms with Crippen LogP contribution in [0.1, 0.15) is 39.5 Å². The molecule has 1 aliphatic rings. The average molecular weight is 256 g/mol. The Balaban J connectivity index is 2.34. The molecule has 0 amide bonds. The molecule has 0 saturated carbocycles. The maximum atomic E-state index is 11.8. The fraction of sp³-hybridized carbons (Fsp3) is 0.929. The summed E-state index contributed by atoms with van der Waals surface area (Å²) in [6.45, 7) is 7.68. The van der Waals surface area contributed by atoms with Crippen LogP contribution in [0.2, 0.25) is 0 Å². The summed E-state index contributed by atoms with van der Waals surface area (Å²) in [4.78, 5) is 14.1. The number of likely N-dealkylation sites (tertiary alicyclic amines) is 1. The maximum absolute atomic E-state index is 11.8. The number of carbonyl (C=O) groups is 1. The van der Waals surface area contributed by atoms with Gasteiger partial charge in [0.15, 0.2) is 0 Å². The molecule has 1 aliphatic heterocycles. The number of hydrogen-bond acceptors (Lipinski definition) is 4. The normalized spacial score (nSPS) is 22.7. The summed E-state index contributed by atoms with van der Waals surface area (Å²) in [5, 5.41) is 3.39. The predicted molar refractivity (Wildman–Crippen MR) is 73.6 cm³/mol. The van der Waals surface area contributed by atoms with Crippen LogP contribution in [0.5, 0.6) is 0 Å². The number of hydrogen-bond donors (Lipinski definition) is 1. The lowest BCUT2D eigenvalue weighted by molar-refractivity contribution is -0.145. The molecule has 0 bridgehead atoms. The zero-order valence-electron chi connectivity index (χ0n) is 12.1. The van der Waals surface area contributed by atoms with E-state index in [1.807, 2.05) is 6.92 Å². The number of nitrogens with one attached hydrogen (secondary N) is 1. The molecule has 4 heteroatoms. The molecule has 4 nitrogen and oxygen atoms in total. The van der Waals surface area contributed by atoms with E-state index < -0.39 is 0 Å². The van der Waals surface area contributed by atoms with Crippen molar-refractivity contribution in [2.45, 2.75) is 45.6 Å². The molecule has 0 aromatic carbocycles. The van der Waals surface area contributed by atoms with Crippen LogP contribution in [0.15, 0.2) is 0 Å². The van der Waals surface area contributed by atoms with Crippen molar-refractivity contribution >= 4 is 5.97 Å². The Bertz CT molecular complexity index is 246. The van der Waals surface area contributed by atoms with E-state index in [-0.39, 0.29) is 12.0 Å². The average Bonchev–Trinajstić information content (AvgIpc) is 2.35. The van der Waals surface area contributed by atoms with Crippen molar-refractivity contribution in [2.75, 3.05) is 33.3 Å². The van der Waals surface area contributed by atoms with Gasteiger partial charge >= 0.3 is 5.97 Å². The number of piperidine rings is 1. The van der Waals surface area contributed by atoms with E-state index in [0.717, 1.165) is 25.9 Å². The maximum Gasteiger partial charge on any atom is 0.323 e. The lowest BCUT2D eigenvalue weighted by Gasteiger charge is -2.30. The van der Waals surface area contributed by atoms with Gasteiger partial charge < -0.3 is 15.0 Å². The number of esters is 1. The highest BCUT2D eigenvalue weighted by Crippen LogP contribution is 2.14. The minimum absolute atomic E-state index is 0.0940. The van der Waals surface area contributed by atoms with Crippen molar-refractivity contribution < 1.29 is 9.53 Å². The van der Waals surface area contributed by atoms with Gasteiger partial charge in [-0.3, -0.25) is 4.79 Å². The second kappa shape index (κ2) is 8.48. The fourth-order valence-electron chi connectivity index (χ4n) is 2.58. The van der Waals surface area contributed by atoms with Gasteiger partial charge in [-0.1, -0.05) is 13.3 Å². The first-order valence-electron chi connectivity index (χ1n) is 7.25. The Morgan fingerprint density at radius 3 is 2.89 bits per heavy atom. The number of nitrogens with zero attached hydrogens (tertiary/aromatic N) is 1. The summed E-state index contributed by atoms with van der Waals surface area (Å²) in [5.41, 5.74) is 0. The molecule has 106 valence electrons. The van der Waals surface area contributed by atoms with Crippen LogP contribution in [-0.4, -0.2) is 50.2 Å². The molecule has 0 radical (unpaired) electrons. The first-order valence-corrected chi connectivity index (χ1v) is 7.25. The highest BCUT2D eigenvalue weighted by atomic mass is 16.5. The monoisotopic (exact) mass is 256 g/mol. The van der Waals surface area contributed by atoms with Gasteiger partial charge in [0.2, 0.25) is 0 Å². The molecule has 0 aliphatic carbocycles. The quantitative estimate of drug-likeness (QED) is 0.703. The van der Waals surface area contributed by atoms with E-state index in [0.29, 0.717) is 12.5 Å². The van der Waals surface area contributed by atoms with Gasteiger partial charge in [0, 0.05) is 6.54 Å². The minimum atomic E-state index is -0.123. The zero-order valence-corrected chi connectivity index (χ0v) is 12.1. The smallest absolute Gasteiger partial charge is 0.323 e. The SMILES string of the molecule is CCCC(NCC1CCCN(C)C1)C(=O)OCC. The van der Waals surface area contributed by atoms with Crippen LogP contribution in [0, 0.1) is 5.92 Å². The zero-order chi connectivity index (χ0) is 13.4. The summed E-state index contributed by atoms with van der Waals surface area (Å²) in [6, 6.07) is -0.123. The lowest BCUT2D eigenvalue weighted by atomic mass is 9.98. The first-order chi connectivity index (χ1) is 8.67. The highest BCUT2D eigenvalue weighted by molar-refractivity contribution is 5.75. The van der Waals surface area contributed by atoms with Gasteiger partial charge in [0.25, 0.3) is 0 Å². The van der Waals surface area contributed by atoms with Crippen LogP contribution < -0.4 is 5.32 Å². The fourth-order valence-corrected chi connectivity index (χ4v) is 2.58. The molecule has 1 rings (SSSR count). The summed E-state index contributed by atoms with van der Waals surface area (Å²) < 4.78 is 5.11. The van der Waals surface area contributed by atoms with Crippen LogP contribution in [-0.2, 0) is 9.53 Å². The first kappa shape index (κ1) is 15.4. The van der Waals surface area contributed by atoms with Gasteiger partial charge in [-0.25, -0.2) is 0 Å². The Morgan fingerprint density at radius 1 is 1.50 bits per heavy atom. The number of rotatable bonds is 7. The molecule has 0 aromatic rings. The second-order valence-electron chi connectivity index (χ2n) is 5.27. The van der Waals surface area contributed by atoms with Crippen molar-refractivity contribution in [3.63, 3.8) is 0 Å². The van der Waals surface area contributed by atoms with Crippen molar-refractivity contribution in [2.24, 2.45) is 5.92 Å². The van der Waals surface area contributed by atoms with Crippen molar-refractivity contribution in [1.29, 1.82) is 0 Å². The molecule has 2 atom stereocenters. The summed E-state index contributed by atoms with van der Waals surface area (Å²) in [6.07, 6.45) is 4.39. The van der Waals surface area contributed by atoms with Crippen molar-refractivity contribution in [3.05, 3.63) is 0 Å². The molecule has 0 spiro atoms. The van der Waals surface area contributed by atoms with Gasteiger partial charge in [-0.15, -0.1) is 0 Å². The second-order valence-corrected chi connectivity index (χ2v) is 5.27. The third kappa shape index (κ3) is 5.36. The Labute approximate surface area is 111 Å². The van der Waals surface area contributed by atoms with Crippen molar-refractivity contribution in [3.8, 4) is 0 Å². The van der Waals surface area contributed by atoms with E-state index in [2.05, 4.69) is 24.2 Å². The van der Waals surface area contributed by atoms with Crippen molar-refractivity contribution in [1.82, 2.24) is 10.2 Å². The molecular formula is C14H28N2O2. The number of ether oxygens (including phenoxy) is 1. The van der Waals surface area contributed by atoms with E-state index in [4.69, 9.17) is 4.74 Å². The van der Waals surface area contributed by atoms with Gasteiger partial charge in [-0.05, 0) is 52.2 Å². The Kier molecular flexibility index (Phi) is 7.28. The summed E-state index contributed by atoms with van der Waals surface area (Å²) in [7, 11) is 2.17. The molecule has 1 fully saturated rings. The molecular weight excluding hydrogens is 228 g/mol. The third-order valence-electron chi connectivity index (χ3n) is 3.52. The summed E-state index contributed by atoms with van der Waals surface area (Å²) >= 11 is 0. The molecule has 18 heavy (non-hydrogen) atoms. The van der Waals surface area contributed by atoms with Gasteiger partial charge in [0.05, 0.1) is 6.61 Å². The van der Waals surface area contributed by atoms with E-state index in [1.54, 1.807) is 0 Å².